The van der Waals surface area contributed by atoms with E-state index in [0.29, 0.717) is 11.9 Å². The first-order valence-corrected chi connectivity index (χ1v) is 6.51. The zero-order valence-corrected chi connectivity index (χ0v) is 9.87. The van der Waals surface area contributed by atoms with Crippen LogP contribution in [0.25, 0.3) is 0 Å². The van der Waals surface area contributed by atoms with Crippen molar-refractivity contribution in [2.75, 3.05) is 17.8 Å². The van der Waals surface area contributed by atoms with Crippen LogP contribution in [0.5, 0.6) is 0 Å². The summed E-state index contributed by atoms with van der Waals surface area (Å²) in [6.45, 7) is 0.919. The van der Waals surface area contributed by atoms with Crippen molar-refractivity contribution in [3.8, 4) is 0 Å². The Balaban J connectivity index is 1.71. The summed E-state index contributed by atoms with van der Waals surface area (Å²) in [5.41, 5.74) is 3.43. The van der Waals surface area contributed by atoms with Gasteiger partial charge in [-0.3, -0.25) is 4.98 Å². The number of hydrazine groups is 1. The number of nitrogens with zero attached hydrogens (tertiary/aromatic N) is 2. The van der Waals surface area contributed by atoms with Crippen molar-refractivity contribution in [2.45, 2.75) is 24.7 Å². The zero-order valence-electron chi connectivity index (χ0n) is 9.06. The molecule has 0 radical (unpaired) electrons. The highest BCUT2D eigenvalue weighted by atomic mass is 32.2. The number of ether oxygens (including phenoxy) is 1. The number of anilines is 1. The van der Waals surface area contributed by atoms with Crippen molar-refractivity contribution in [3.05, 3.63) is 18.1 Å². The third kappa shape index (κ3) is 3.33. The summed E-state index contributed by atoms with van der Waals surface area (Å²) < 4.78 is 5.54. The number of nitrogens with one attached hydrogen (secondary N) is 1. The van der Waals surface area contributed by atoms with Crippen LogP contribution >= 0.6 is 11.8 Å². The van der Waals surface area contributed by atoms with E-state index in [4.69, 9.17) is 10.6 Å². The summed E-state index contributed by atoms with van der Waals surface area (Å²) in [6.07, 6.45) is 6.21. The van der Waals surface area contributed by atoms with E-state index in [0.717, 1.165) is 23.8 Å². The number of nitrogens with two attached hydrogens (primary N) is 1. The van der Waals surface area contributed by atoms with E-state index in [9.17, 15) is 0 Å². The van der Waals surface area contributed by atoms with Gasteiger partial charge in [-0.1, -0.05) is 0 Å². The average Bonchev–Trinajstić information content (AvgIpc) is 2.83. The van der Waals surface area contributed by atoms with Gasteiger partial charge in [-0.25, -0.2) is 10.8 Å². The minimum absolute atomic E-state index is 0.433. The molecule has 0 aromatic carbocycles. The molecule has 2 heterocycles. The van der Waals surface area contributed by atoms with Gasteiger partial charge in [-0.2, -0.15) is 11.8 Å². The molecule has 1 aromatic heterocycles. The lowest BCUT2D eigenvalue weighted by molar-refractivity contribution is 0.129. The van der Waals surface area contributed by atoms with Gasteiger partial charge in [0, 0.05) is 18.1 Å². The van der Waals surface area contributed by atoms with Crippen LogP contribution in [0, 0.1) is 0 Å². The maximum atomic E-state index is 5.54. The van der Waals surface area contributed by atoms with Crippen LogP contribution in [0.2, 0.25) is 0 Å². The van der Waals surface area contributed by atoms with Gasteiger partial charge in [-0.05, 0) is 12.8 Å². The first-order chi connectivity index (χ1) is 7.88. The average molecular weight is 240 g/mol. The van der Waals surface area contributed by atoms with Crippen LogP contribution in [0.4, 0.5) is 5.82 Å². The molecular formula is C10H16N4OS. The van der Waals surface area contributed by atoms with Gasteiger partial charge < -0.3 is 10.2 Å². The second kappa shape index (κ2) is 6.03. The molecule has 2 rings (SSSR count). The molecule has 3 N–H and O–H groups in total. The molecule has 0 saturated carbocycles. The molecule has 1 aliphatic rings. The van der Waals surface area contributed by atoms with Crippen LogP contribution in [0.3, 0.4) is 0 Å². The van der Waals surface area contributed by atoms with Crippen LogP contribution in [-0.2, 0) is 10.5 Å². The highest BCUT2D eigenvalue weighted by molar-refractivity contribution is 7.98. The van der Waals surface area contributed by atoms with E-state index in [1.54, 1.807) is 12.4 Å². The third-order valence-corrected chi connectivity index (χ3v) is 3.54. The number of hydrogen-bond donors (Lipinski definition) is 2. The second-order valence-corrected chi connectivity index (χ2v) is 4.72. The smallest absolute Gasteiger partial charge is 0.158 e. The van der Waals surface area contributed by atoms with Gasteiger partial charge in [0.15, 0.2) is 5.82 Å². The van der Waals surface area contributed by atoms with Gasteiger partial charge in [0.25, 0.3) is 0 Å². The van der Waals surface area contributed by atoms with Crippen molar-refractivity contribution in [1.82, 2.24) is 9.97 Å². The van der Waals surface area contributed by atoms with Crippen molar-refractivity contribution in [2.24, 2.45) is 5.84 Å². The molecule has 0 aliphatic carbocycles. The molecule has 0 amide bonds. The number of thioether (sulfide) groups is 1. The molecule has 5 nitrogen and oxygen atoms in total. The summed E-state index contributed by atoms with van der Waals surface area (Å²) in [5, 5.41) is 0. The zero-order chi connectivity index (χ0) is 11.2. The quantitative estimate of drug-likeness (QED) is 0.594. The van der Waals surface area contributed by atoms with Crippen molar-refractivity contribution in [1.29, 1.82) is 0 Å². The molecule has 16 heavy (non-hydrogen) atoms. The molecule has 88 valence electrons. The molecule has 6 heteroatoms. The van der Waals surface area contributed by atoms with Gasteiger partial charge >= 0.3 is 0 Å². The first kappa shape index (κ1) is 11.6. The molecule has 0 bridgehead atoms. The van der Waals surface area contributed by atoms with Gasteiger partial charge in [0.1, 0.15) is 0 Å². The van der Waals surface area contributed by atoms with Crippen molar-refractivity contribution in [3.63, 3.8) is 0 Å². The molecule has 1 saturated heterocycles. The Hall–Kier alpha value is -0.850. The number of rotatable bonds is 5. The summed E-state index contributed by atoms with van der Waals surface area (Å²) in [6, 6.07) is 0. The molecule has 0 spiro atoms. The SMILES string of the molecule is NNc1cnc(CSCC2CCCO2)cn1. The van der Waals surface area contributed by atoms with Crippen LogP contribution in [0.15, 0.2) is 12.4 Å². The molecule has 1 aliphatic heterocycles. The maximum Gasteiger partial charge on any atom is 0.158 e. The Bertz CT molecular complexity index is 313. The Labute approximate surface area is 99.2 Å². The minimum atomic E-state index is 0.433. The van der Waals surface area contributed by atoms with Crippen LogP contribution < -0.4 is 11.3 Å². The fraction of sp³-hybridized carbons (Fsp3) is 0.600. The Morgan fingerprint density at radius 3 is 3.06 bits per heavy atom. The lowest BCUT2D eigenvalue weighted by atomic mass is 10.3. The monoisotopic (exact) mass is 240 g/mol. The Morgan fingerprint density at radius 1 is 1.50 bits per heavy atom. The fourth-order valence-electron chi connectivity index (χ4n) is 1.57. The third-order valence-electron chi connectivity index (χ3n) is 2.43. The largest absolute Gasteiger partial charge is 0.377 e. The lowest BCUT2D eigenvalue weighted by Gasteiger charge is -2.08. The number of aromatic nitrogens is 2. The highest BCUT2D eigenvalue weighted by Crippen LogP contribution is 2.19. The van der Waals surface area contributed by atoms with Gasteiger partial charge in [0.05, 0.1) is 24.2 Å². The summed E-state index contributed by atoms with van der Waals surface area (Å²) in [7, 11) is 0. The molecule has 1 fully saturated rings. The second-order valence-electron chi connectivity index (χ2n) is 3.69. The summed E-state index contributed by atoms with van der Waals surface area (Å²) in [5.74, 6) is 7.71. The van der Waals surface area contributed by atoms with Gasteiger partial charge in [-0.15, -0.1) is 0 Å². The van der Waals surface area contributed by atoms with Crippen LogP contribution in [-0.4, -0.2) is 28.4 Å². The Morgan fingerprint density at radius 2 is 2.44 bits per heavy atom. The normalized spacial score (nSPS) is 19.9. The van der Waals surface area contributed by atoms with E-state index < -0.39 is 0 Å². The molecule has 1 aromatic rings. The molecule has 1 atom stereocenters. The van der Waals surface area contributed by atoms with Crippen LogP contribution in [0.1, 0.15) is 18.5 Å². The molecular weight excluding hydrogens is 224 g/mol. The van der Waals surface area contributed by atoms with E-state index in [-0.39, 0.29) is 0 Å². The van der Waals surface area contributed by atoms with E-state index in [1.807, 2.05) is 11.8 Å². The highest BCUT2D eigenvalue weighted by Gasteiger charge is 2.14. The summed E-state index contributed by atoms with van der Waals surface area (Å²) in [4.78, 5) is 8.35. The number of nitrogen functional groups attached to an aromatic ring is 1. The fourth-order valence-corrected chi connectivity index (χ4v) is 2.58. The number of hydrogen-bond acceptors (Lipinski definition) is 6. The first-order valence-electron chi connectivity index (χ1n) is 5.35. The van der Waals surface area contributed by atoms with Crippen molar-refractivity contribution >= 4 is 17.6 Å². The Kier molecular flexibility index (Phi) is 4.38. The standard InChI is InChI=1S/C10H16N4OS/c11-14-10-5-12-8(4-13-10)6-16-7-9-2-1-3-15-9/h4-5,9H,1-3,6-7,11H2,(H,13,14). The van der Waals surface area contributed by atoms with E-state index in [1.165, 1.54) is 12.8 Å². The predicted octanol–water partition coefficient (Wildman–Crippen LogP) is 1.17. The van der Waals surface area contributed by atoms with E-state index >= 15 is 0 Å². The lowest BCUT2D eigenvalue weighted by Crippen LogP contribution is -2.09. The topological polar surface area (TPSA) is 73.1 Å². The van der Waals surface area contributed by atoms with Crippen molar-refractivity contribution < 1.29 is 4.74 Å². The molecule has 1 unspecified atom stereocenters. The summed E-state index contributed by atoms with van der Waals surface area (Å²) >= 11 is 1.84. The predicted molar refractivity (Wildman–Crippen MR) is 65.0 cm³/mol. The van der Waals surface area contributed by atoms with Gasteiger partial charge in [0.2, 0.25) is 0 Å². The van der Waals surface area contributed by atoms with E-state index in [2.05, 4.69) is 15.4 Å². The maximum absolute atomic E-state index is 5.54. The minimum Gasteiger partial charge on any atom is -0.377 e.